The summed E-state index contributed by atoms with van der Waals surface area (Å²) in [6.45, 7) is 0.636. The molecule has 0 radical (unpaired) electrons. The van der Waals surface area contributed by atoms with E-state index in [1.807, 2.05) is 67.0 Å². The molecule has 140 valence electrons. The van der Waals surface area contributed by atoms with Crippen LogP contribution in [0.25, 0.3) is 5.65 Å². The highest BCUT2D eigenvalue weighted by Gasteiger charge is 2.21. The van der Waals surface area contributed by atoms with Crippen molar-refractivity contribution in [2.45, 2.75) is 18.8 Å². The molecule has 4 heteroatoms. The number of pyridine rings is 1. The van der Waals surface area contributed by atoms with E-state index in [4.69, 9.17) is 0 Å². The van der Waals surface area contributed by atoms with Crippen LogP contribution in [0.15, 0.2) is 91.3 Å². The Labute approximate surface area is 164 Å². The average molecular weight is 369 g/mol. The van der Waals surface area contributed by atoms with Crippen LogP contribution in [0.1, 0.15) is 29.2 Å². The summed E-state index contributed by atoms with van der Waals surface area (Å²) in [6.07, 6.45) is 5.10. The number of carbonyl (C=O) groups excluding carboxylic acids is 1. The molecule has 1 unspecified atom stereocenters. The van der Waals surface area contributed by atoms with Crippen LogP contribution in [0.5, 0.6) is 0 Å². The molecule has 0 bridgehead atoms. The van der Waals surface area contributed by atoms with Gasteiger partial charge in [-0.1, -0.05) is 66.7 Å². The van der Waals surface area contributed by atoms with Crippen molar-refractivity contribution in [3.63, 3.8) is 0 Å². The molecular formula is C24H23N3O. The fourth-order valence-corrected chi connectivity index (χ4v) is 3.54. The number of imidazole rings is 1. The van der Waals surface area contributed by atoms with Crippen molar-refractivity contribution in [1.29, 1.82) is 0 Å². The Hall–Kier alpha value is -3.40. The number of aromatic nitrogens is 2. The molecule has 0 spiro atoms. The molecule has 0 aliphatic rings. The van der Waals surface area contributed by atoms with Gasteiger partial charge in [0.1, 0.15) is 5.65 Å². The molecule has 0 aliphatic carbocycles. The highest BCUT2D eigenvalue weighted by molar-refractivity contribution is 5.77. The van der Waals surface area contributed by atoms with E-state index in [2.05, 4.69) is 39.0 Å². The predicted octanol–water partition coefficient (Wildman–Crippen LogP) is 4.22. The van der Waals surface area contributed by atoms with Crippen LogP contribution < -0.4 is 5.32 Å². The number of amides is 1. The van der Waals surface area contributed by atoms with Gasteiger partial charge in [0, 0.05) is 31.3 Å². The van der Waals surface area contributed by atoms with Crippen LogP contribution in [-0.2, 0) is 11.2 Å². The number of rotatable bonds is 7. The Morgan fingerprint density at radius 2 is 1.64 bits per heavy atom. The Morgan fingerprint density at radius 3 is 2.43 bits per heavy atom. The van der Waals surface area contributed by atoms with Crippen molar-refractivity contribution in [1.82, 2.24) is 14.7 Å². The fraction of sp³-hybridized carbons (Fsp3) is 0.167. The van der Waals surface area contributed by atoms with E-state index >= 15 is 0 Å². The number of fused-ring (bicyclic) bond motifs is 1. The SMILES string of the molecule is O=C(CC(c1ccccc1)c1cnc2ccccn12)NCCc1ccccc1. The van der Waals surface area contributed by atoms with Crippen LogP contribution in [0.3, 0.4) is 0 Å². The molecule has 0 saturated carbocycles. The summed E-state index contributed by atoms with van der Waals surface area (Å²) in [5.74, 6) is 0.00555. The van der Waals surface area contributed by atoms with Crippen molar-refractivity contribution >= 4 is 11.6 Å². The molecule has 1 atom stereocenters. The Bertz CT molecular complexity index is 1040. The maximum atomic E-state index is 12.7. The van der Waals surface area contributed by atoms with Crippen molar-refractivity contribution in [3.05, 3.63) is 108 Å². The van der Waals surface area contributed by atoms with Gasteiger partial charge in [-0.2, -0.15) is 0 Å². The zero-order valence-electron chi connectivity index (χ0n) is 15.7. The first-order valence-electron chi connectivity index (χ1n) is 9.59. The van der Waals surface area contributed by atoms with Crippen LogP contribution in [-0.4, -0.2) is 21.8 Å². The van der Waals surface area contributed by atoms with Crippen LogP contribution in [0, 0.1) is 0 Å². The summed E-state index contributed by atoms with van der Waals surface area (Å²) >= 11 is 0. The molecule has 4 nitrogen and oxygen atoms in total. The summed E-state index contributed by atoms with van der Waals surface area (Å²) in [7, 11) is 0. The molecule has 28 heavy (non-hydrogen) atoms. The lowest BCUT2D eigenvalue weighted by atomic mass is 9.92. The molecule has 4 aromatic rings. The molecule has 1 N–H and O–H groups in total. The minimum Gasteiger partial charge on any atom is -0.356 e. The van der Waals surface area contributed by atoms with E-state index in [9.17, 15) is 4.79 Å². The zero-order valence-corrected chi connectivity index (χ0v) is 15.7. The third-order valence-electron chi connectivity index (χ3n) is 4.97. The highest BCUT2D eigenvalue weighted by Crippen LogP contribution is 2.28. The number of nitrogens with one attached hydrogen (secondary N) is 1. The Balaban J connectivity index is 1.51. The quantitative estimate of drug-likeness (QED) is 0.530. The Kier molecular flexibility index (Phi) is 5.48. The molecule has 2 aromatic heterocycles. The maximum Gasteiger partial charge on any atom is 0.221 e. The zero-order chi connectivity index (χ0) is 19.2. The minimum absolute atomic E-state index is 0.0460. The summed E-state index contributed by atoms with van der Waals surface area (Å²) in [5, 5.41) is 3.07. The molecule has 0 saturated heterocycles. The van der Waals surface area contributed by atoms with E-state index in [1.54, 1.807) is 0 Å². The first-order valence-corrected chi connectivity index (χ1v) is 9.59. The minimum atomic E-state index is -0.0460. The summed E-state index contributed by atoms with van der Waals surface area (Å²) in [4.78, 5) is 17.2. The number of carbonyl (C=O) groups is 1. The summed E-state index contributed by atoms with van der Waals surface area (Å²) < 4.78 is 2.06. The van der Waals surface area contributed by atoms with E-state index in [0.717, 1.165) is 23.3 Å². The second kappa shape index (κ2) is 8.53. The van der Waals surface area contributed by atoms with Gasteiger partial charge in [-0.15, -0.1) is 0 Å². The molecule has 1 amide bonds. The fourth-order valence-electron chi connectivity index (χ4n) is 3.54. The Morgan fingerprint density at radius 1 is 0.929 bits per heavy atom. The maximum absolute atomic E-state index is 12.7. The number of benzene rings is 2. The third kappa shape index (κ3) is 4.12. The van der Waals surface area contributed by atoms with Crippen LogP contribution in [0.2, 0.25) is 0 Å². The standard InChI is InChI=1S/C24H23N3O/c28-24(25-15-14-19-9-3-1-4-10-19)17-21(20-11-5-2-6-12-20)22-18-26-23-13-7-8-16-27(22)23/h1-13,16,18,21H,14-15,17H2,(H,25,28). The van der Waals surface area contributed by atoms with Gasteiger partial charge >= 0.3 is 0 Å². The monoisotopic (exact) mass is 369 g/mol. The molecule has 0 fully saturated rings. The molecule has 2 heterocycles. The lowest BCUT2D eigenvalue weighted by Gasteiger charge is -2.17. The molecule has 0 aliphatic heterocycles. The number of hydrogen-bond donors (Lipinski definition) is 1. The van der Waals surface area contributed by atoms with Gasteiger partial charge in [-0.3, -0.25) is 4.79 Å². The second-order valence-corrected chi connectivity index (χ2v) is 6.86. The van der Waals surface area contributed by atoms with E-state index in [0.29, 0.717) is 13.0 Å². The van der Waals surface area contributed by atoms with Gasteiger partial charge < -0.3 is 9.72 Å². The van der Waals surface area contributed by atoms with Crippen LogP contribution >= 0.6 is 0 Å². The lowest BCUT2D eigenvalue weighted by molar-refractivity contribution is -0.121. The smallest absolute Gasteiger partial charge is 0.221 e. The lowest BCUT2D eigenvalue weighted by Crippen LogP contribution is -2.27. The normalized spacial score (nSPS) is 12.0. The topological polar surface area (TPSA) is 46.4 Å². The first-order chi connectivity index (χ1) is 13.8. The van der Waals surface area contributed by atoms with E-state index in [1.165, 1.54) is 5.56 Å². The molecular weight excluding hydrogens is 346 g/mol. The summed E-state index contributed by atoms with van der Waals surface area (Å²) in [6, 6.07) is 26.3. The van der Waals surface area contributed by atoms with E-state index in [-0.39, 0.29) is 11.8 Å². The largest absolute Gasteiger partial charge is 0.356 e. The highest BCUT2D eigenvalue weighted by atomic mass is 16.1. The first kappa shape index (κ1) is 18.0. The van der Waals surface area contributed by atoms with Gasteiger partial charge in [0.15, 0.2) is 0 Å². The number of hydrogen-bond acceptors (Lipinski definition) is 2. The van der Waals surface area contributed by atoms with Gasteiger partial charge in [-0.25, -0.2) is 4.98 Å². The summed E-state index contributed by atoms with van der Waals surface area (Å²) in [5.41, 5.74) is 4.26. The predicted molar refractivity (Wildman–Crippen MR) is 111 cm³/mol. The molecule has 2 aromatic carbocycles. The van der Waals surface area contributed by atoms with Crippen LogP contribution in [0.4, 0.5) is 0 Å². The average Bonchev–Trinajstić information content (AvgIpc) is 3.17. The van der Waals surface area contributed by atoms with Gasteiger partial charge in [0.2, 0.25) is 5.91 Å². The van der Waals surface area contributed by atoms with Crippen molar-refractivity contribution in [2.75, 3.05) is 6.54 Å². The van der Waals surface area contributed by atoms with Crippen molar-refractivity contribution in [3.8, 4) is 0 Å². The van der Waals surface area contributed by atoms with Gasteiger partial charge in [0.05, 0.1) is 5.69 Å². The third-order valence-corrected chi connectivity index (χ3v) is 4.97. The van der Waals surface area contributed by atoms with E-state index < -0.39 is 0 Å². The molecule has 4 rings (SSSR count). The van der Waals surface area contributed by atoms with Gasteiger partial charge in [0.25, 0.3) is 0 Å². The van der Waals surface area contributed by atoms with Gasteiger partial charge in [-0.05, 0) is 29.7 Å². The van der Waals surface area contributed by atoms with Crippen molar-refractivity contribution < 1.29 is 4.79 Å². The number of nitrogens with zero attached hydrogens (tertiary/aromatic N) is 2. The van der Waals surface area contributed by atoms with Crippen molar-refractivity contribution in [2.24, 2.45) is 0 Å². The second-order valence-electron chi connectivity index (χ2n) is 6.86.